The SMILES string of the molecule is Cc1ccc(-c2ccnc(N3CCCC(N)C3)n2)cc1C. The van der Waals surface area contributed by atoms with Gasteiger partial charge in [0, 0.05) is 30.9 Å². The zero-order valence-corrected chi connectivity index (χ0v) is 12.7. The lowest BCUT2D eigenvalue weighted by Gasteiger charge is -2.30. The summed E-state index contributed by atoms with van der Waals surface area (Å²) in [4.78, 5) is 11.3. The van der Waals surface area contributed by atoms with E-state index >= 15 is 0 Å². The van der Waals surface area contributed by atoms with Crippen molar-refractivity contribution in [3.05, 3.63) is 41.6 Å². The molecule has 1 aliphatic heterocycles. The van der Waals surface area contributed by atoms with E-state index in [4.69, 9.17) is 10.7 Å². The molecular weight excluding hydrogens is 260 g/mol. The predicted molar refractivity (Wildman–Crippen MR) is 86.4 cm³/mol. The maximum absolute atomic E-state index is 6.05. The van der Waals surface area contributed by atoms with Crippen molar-refractivity contribution in [3.63, 3.8) is 0 Å². The average Bonchev–Trinajstić information content (AvgIpc) is 2.50. The van der Waals surface area contributed by atoms with Crippen LogP contribution in [0, 0.1) is 13.8 Å². The second-order valence-corrected chi connectivity index (χ2v) is 5.89. The molecule has 2 heterocycles. The monoisotopic (exact) mass is 282 g/mol. The molecule has 1 fully saturated rings. The summed E-state index contributed by atoms with van der Waals surface area (Å²) in [5, 5.41) is 0. The highest BCUT2D eigenvalue weighted by Gasteiger charge is 2.19. The third-order valence-electron chi connectivity index (χ3n) is 4.19. The van der Waals surface area contributed by atoms with E-state index in [0.717, 1.165) is 43.1 Å². The molecule has 0 spiro atoms. The standard InChI is InChI=1S/C17H22N4/c1-12-5-6-14(10-13(12)2)16-7-8-19-17(20-16)21-9-3-4-15(18)11-21/h5-8,10,15H,3-4,9,11,18H2,1-2H3. The molecule has 2 aromatic rings. The molecule has 110 valence electrons. The molecule has 1 atom stereocenters. The van der Waals surface area contributed by atoms with Gasteiger partial charge in [0.15, 0.2) is 0 Å². The van der Waals surface area contributed by atoms with Crippen molar-refractivity contribution in [1.29, 1.82) is 0 Å². The highest BCUT2D eigenvalue weighted by Crippen LogP contribution is 2.23. The number of nitrogens with zero attached hydrogens (tertiary/aromatic N) is 3. The van der Waals surface area contributed by atoms with Gasteiger partial charge in [-0.1, -0.05) is 12.1 Å². The fourth-order valence-corrected chi connectivity index (χ4v) is 2.75. The fourth-order valence-electron chi connectivity index (χ4n) is 2.75. The van der Waals surface area contributed by atoms with Crippen molar-refractivity contribution in [1.82, 2.24) is 9.97 Å². The van der Waals surface area contributed by atoms with Gasteiger partial charge in [0.1, 0.15) is 0 Å². The normalized spacial score (nSPS) is 18.8. The van der Waals surface area contributed by atoms with E-state index in [0.29, 0.717) is 0 Å². The van der Waals surface area contributed by atoms with Crippen LogP contribution in [0.4, 0.5) is 5.95 Å². The van der Waals surface area contributed by atoms with Gasteiger partial charge in [0.25, 0.3) is 0 Å². The average molecular weight is 282 g/mol. The van der Waals surface area contributed by atoms with Crippen LogP contribution in [0.25, 0.3) is 11.3 Å². The Balaban J connectivity index is 1.90. The first-order valence-electron chi connectivity index (χ1n) is 7.54. The topological polar surface area (TPSA) is 55.0 Å². The summed E-state index contributed by atoms with van der Waals surface area (Å²) in [7, 11) is 0. The Morgan fingerprint density at radius 2 is 2.05 bits per heavy atom. The van der Waals surface area contributed by atoms with Crippen LogP contribution in [-0.4, -0.2) is 29.1 Å². The highest BCUT2D eigenvalue weighted by molar-refractivity contribution is 5.62. The Kier molecular flexibility index (Phi) is 3.88. The maximum atomic E-state index is 6.05. The lowest BCUT2D eigenvalue weighted by atomic mass is 10.0. The van der Waals surface area contributed by atoms with E-state index in [2.05, 4.69) is 41.9 Å². The summed E-state index contributed by atoms with van der Waals surface area (Å²) in [5.74, 6) is 0.792. The minimum Gasteiger partial charge on any atom is -0.339 e. The number of aryl methyl sites for hydroxylation is 2. The van der Waals surface area contributed by atoms with Crippen molar-refractivity contribution in [2.24, 2.45) is 5.73 Å². The van der Waals surface area contributed by atoms with Crippen molar-refractivity contribution in [3.8, 4) is 11.3 Å². The van der Waals surface area contributed by atoms with Crippen LogP contribution in [0.3, 0.4) is 0 Å². The zero-order valence-electron chi connectivity index (χ0n) is 12.7. The van der Waals surface area contributed by atoms with E-state index in [1.807, 2.05) is 12.3 Å². The third kappa shape index (κ3) is 3.05. The van der Waals surface area contributed by atoms with E-state index in [1.165, 1.54) is 11.1 Å². The van der Waals surface area contributed by atoms with Crippen LogP contribution in [0.5, 0.6) is 0 Å². The minimum absolute atomic E-state index is 0.229. The molecule has 1 saturated heterocycles. The smallest absolute Gasteiger partial charge is 0.225 e. The summed E-state index contributed by atoms with van der Waals surface area (Å²) < 4.78 is 0. The lowest BCUT2D eigenvalue weighted by Crippen LogP contribution is -2.43. The third-order valence-corrected chi connectivity index (χ3v) is 4.19. The number of benzene rings is 1. The van der Waals surface area contributed by atoms with E-state index in [9.17, 15) is 0 Å². The van der Waals surface area contributed by atoms with Gasteiger partial charge < -0.3 is 10.6 Å². The molecule has 2 N–H and O–H groups in total. The molecule has 0 saturated carbocycles. The molecule has 0 bridgehead atoms. The van der Waals surface area contributed by atoms with E-state index in [1.54, 1.807) is 0 Å². The molecule has 0 radical (unpaired) electrons. The maximum Gasteiger partial charge on any atom is 0.225 e. The Hall–Kier alpha value is -1.94. The van der Waals surface area contributed by atoms with Crippen LogP contribution < -0.4 is 10.6 Å². The summed E-state index contributed by atoms with van der Waals surface area (Å²) in [6, 6.07) is 8.65. The molecule has 1 aliphatic rings. The number of aromatic nitrogens is 2. The van der Waals surface area contributed by atoms with Gasteiger partial charge in [-0.15, -0.1) is 0 Å². The van der Waals surface area contributed by atoms with Crippen LogP contribution in [0.15, 0.2) is 30.5 Å². The van der Waals surface area contributed by atoms with Gasteiger partial charge in [-0.2, -0.15) is 0 Å². The summed E-state index contributed by atoms with van der Waals surface area (Å²) in [6.45, 7) is 6.09. The number of hydrogen-bond donors (Lipinski definition) is 1. The van der Waals surface area contributed by atoms with Crippen LogP contribution in [0.2, 0.25) is 0 Å². The van der Waals surface area contributed by atoms with Gasteiger partial charge in [-0.05, 0) is 49.9 Å². The molecule has 4 heteroatoms. The zero-order chi connectivity index (χ0) is 14.8. The first-order chi connectivity index (χ1) is 10.1. The molecule has 4 nitrogen and oxygen atoms in total. The molecule has 1 aromatic heterocycles. The molecule has 1 unspecified atom stereocenters. The van der Waals surface area contributed by atoms with Gasteiger partial charge in [0.2, 0.25) is 5.95 Å². The largest absolute Gasteiger partial charge is 0.339 e. The van der Waals surface area contributed by atoms with Gasteiger partial charge in [0.05, 0.1) is 5.69 Å². The number of anilines is 1. The first kappa shape index (κ1) is 14.0. The second-order valence-electron chi connectivity index (χ2n) is 5.89. The fraction of sp³-hybridized carbons (Fsp3) is 0.412. The highest BCUT2D eigenvalue weighted by atomic mass is 15.3. The van der Waals surface area contributed by atoms with Crippen LogP contribution in [0.1, 0.15) is 24.0 Å². The molecule has 1 aromatic carbocycles. The van der Waals surface area contributed by atoms with Crippen LogP contribution in [-0.2, 0) is 0 Å². The predicted octanol–water partition coefficient (Wildman–Crippen LogP) is 2.69. The summed E-state index contributed by atoms with van der Waals surface area (Å²) in [5.41, 5.74) is 10.8. The van der Waals surface area contributed by atoms with Crippen molar-refractivity contribution >= 4 is 5.95 Å². The molecule has 0 amide bonds. The van der Waals surface area contributed by atoms with E-state index < -0.39 is 0 Å². The van der Waals surface area contributed by atoms with Crippen LogP contribution >= 0.6 is 0 Å². The quantitative estimate of drug-likeness (QED) is 0.920. The molecule has 21 heavy (non-hydrogen) atoms. The van der Waals surface area contributed by atoms with E-state index in [-0.39, 0.29) is 6.04 Å². The number of rotatable bonds is 2. The Bertz CT molecular complexity index is 638. The van der Waals surface area contributed by atoms with Gasteiger partial charge in [-0.25, -0.2) is 9.97 Å². The number of nitrogens with two attached hydrogens (primary N) is 1. The Morgan fingerprint density at radius 1 is 1.19 bits per heavy atom. The second kappa shape index (κ2) is 5.82. The van der Waals surface area contributed by atoms with Crippen molar-refractivity contribution in [2.75, 3.05) is 18.0 Å². The summed E-state index contributed by atoms with van der Waals surface area (Å²) >= 11 is 0. The molecule has 3 rings (SSSR count). The van der Waals surface area contributed by atoms with Gasteiger partial charge in [-0.3, -0.25) is 0 Å². The Labute approximate surface area is 126 Å². The Morgan fingerprint density at radius 3 is 2.81 bits per heavy atom. The number of hydrogen-bond acceptors (Lipinski definition) is 4. The minimum atomic E-state index is 0.229. The molecular formula is C17H22N4. The number of piperidine rings is 1. The van der Waals surface area contributed by atoms with Gasteiger partial charge >= 0.3 is 0 Å². The first-order valence-corrected chi connectivity index (χ1v) is 7.54. The van der Waals surface area contributed by atoms with Crippen molar-refractivity contribution in [2.45, 2.75) is 32.7 Å². The van der Waals surface area contributed by atoms with Crippen molar-refractivity contribution < 1.29 is 0 Å². The summed E-state index contributed by atoms with van der Waals surface area (Å²) in [6.07, 6.45) is 4.04. The lowest BCUT2D eigenvalue weighted by molar-refractivity contribution is 0.500. The molecule has 0 aliphatic carbocycles.